The number of hydrazone groups is 1. The number of amides is 1. The first kappa shape index (κ1) is 24.5. The average molecular weight is 512 g/mol. The molecular formula is C30H26ClN3O3. The number of esters is 1. The zero-order valence-corrected chi connectivity index (χ0v) is 21.6. The van der Waals surface area contributed by atoms with Crippen LogP contribution in [0.2, 0.25) is 5.02 Å². The molecular weight excluding hydrogens is 486 g/mol. The number of nitrogens with zero attached hydrogens (tertiary/aromatic N) is 3. The summed E-state index contributed by atoms with van der Waals surface area (Å²) in [7, 11) is 0. The third-order valence-electron chi connectivity index (χ3n) is 5.84. The molecule has 186 valence electrons. The fraction of sp³-hybridized carbons (Fsp3) is 0.167. The van der Waals surface area contributed by atoms with Gasteiger partial charge in [0.2, 0.25) is 0 Å². The minimum atomic E-state index is -0.576. The lowest BCUT2D eigenvalue weighted by Gasteiger charge is -2.19. The van der Waals surface area contributed by atoms with Crippen molar-refractivity contribution in [3.8, 4) is 0 Å². The van der Waals surface area contributed by atoms with Gasteiger partial charge in [-0.3, -0.25) is 9.59 Å². The highest BCUT2D eigenvalue weighted by Crippen LogP contribution is 2.31. The molecule has 0 aliphatic carbocycles. The van der Waals surface area contributed by atoms with Crippen molar-refractivity contribution in [2.24, 2.45) is 5.10 Å². The second-order valence-corrected chi connectivity index (χ2v) is 10.2. The molecule has 4 aromatic rings. The highest BCUT2D eigenvalue weighted by atomic mass is 35.5. The van der Waals surface area contributed by atoms with E-state index in [2.05, 4.69) is 0 Å². The lowest BCUT2D eigenvalue weighted by atomic mass is 10.00. The van der Waals surface area contributed by atoms with E-state index in [-0.39, 0.29) is 18.4 Å². The van der Waals surface area contributed by atoms with Gasteiger partial charge in [0, 0.05) is 33.2 Å². The summed E-state index contributed by atoms with van der Waals surface area (Å²) in [6, 6.07) is 24.4. The first-order chi connectivity index (χ1) is 17.7. The number of aromatic nitrogens is 1. The number of halogens is 1. The fourth-order valence-corrected chi connectivity index (χ4v) is 4.43. The van der Waals surface area contributed by atoms with Gasteiger partial charge >= 0.3 is 5.97 Å². The summed E-state index contributed by atoms with van der Waals surface area (Å²) in [6.45, 7) is 5.59. The first-order valence-corrected chi connectivity index (χ1v) is 12.3. The molecule has 5 rings (SSSR count). The molecule has 0 unspecified atom stereocenters. The van der Waals surface area contributed by atoms with Crippen LogP contribution in [0.1, 0.15) is 31.9 Å². The van der Waals surface area contributed by atoms with Crippen molar-refractivity contribution in [2.75, 3.05) is 5.01 Å². The van der Waals surface area contributed by atoms with Gasteiger partial charge in [-0.1, -0.05) is 60.1 Å². The summed E-state index contributed by atoms with van der Waals surface area (Å²) < 4.78 is 7.38. The molecule has 0 radical (unpaired) electrons. The quantitative estimate of drug-likeness (QED) is 0.228. The third-order valence-corrected chi connectivity index (χ3v) is 6.09. The third kappa shape index (κ3) is 5.20. The van der Waals surface area contributed by atoms with Crippen molar-refractivity contribution < 1.29 is 14.3 Å². The maximum atomic E-state index is 13.7. The van der Waals surface area contributed by atoms with Gasteiger partial charge in [0.1, 0.15) is 17.9 Å². The number of carbonyl (C=O) groups is 2. The SMILES string of the molecule is CC(C)(C)OC(=O)Cn1cc(/C=C2\C(=O)N(c3ccc(Cl)cc3)N=C2c2ccccc2)c2ccccc21. The fourth-order valence-electron chi connectivity index (χ4n) is 4.30. The van der Waals surface area contributed by atoms with Gasteiger partial charge in [-0.25, -0.2) is 0 Å². The molecule has 0 saturated carbocycles. The summed E-state index contributed by atoms with van der Waals surface area (Å²) in [4.78, 5) is 26.3. The first-order valence-electron chi connectivity index (χ1n) is 12.0. The second kappa shape index (κ2) is 9.71. The summed E-state index contributed by atoms with van der Waals surface area (Å²) in [5.41, 5.74) is 3.59. The van der Waals surface area contributed by atoms with Crippen molar-refractivity contribution in [2.45, 2.75) is 32.9 Å². The van der Waals surface area contributed by atoms with Crippen LogP contribution in [-0.2, 0) is 20.9 Å². The number of hydrogen-bond acceptors (Lipinski definition) is 4. The Balaban J connectivity index is 1.59. The van der Waals surface area contributed by atoms with E-state index in [0.29, 0.717) is 22.0 Å². The van der Waals surface area contributed by atoms with Crippen LogP contribution in [0.15, 0.2) is 95.7 Å². The van der Waals surface area contributed by atoms with Gasteiger partial charge in [-0.2, -0.15) is 10.1 Å². The topological polar surface area (TPSA) is 63.9 Å². The Labute approximate surface area is 220 Å². The van der Waals surface area contributed by atoms with E-state index in [4.69, 9.17) is 21.4 Å². The van der Waals surface area contributed by atoms with Gasteiger partial charge in [0.15, 0.2) is 0 Å². The van der Waals surface area contributed by atoms with Crippen molar-refractivity contribution >= 4 is 51.9 Å². The number of fused-ring (bicyclic) bond motifs is 1. The molecule has 0 bridgehead atoms. The van der Waals surface area contributed by atoms with E-state index in [9.17, 15) is 9.59 Å². The molecule has 6 nitrogen and oxygen atoms in total. The molecule has 0 spiro atoms. The van der Waals surface area contributed by atoms with Gasteiger partial charge in [0.25, 0.3) is 5.91 Å². The molecule has 0 atom stereocenters. The van der Waals surface area contributed by atoms with E-state index in [0.717, 1.165) is 22.0 Å². The number of anilines is 1. The molecule has 0 N–H and O–H groups in total. The Morgan fingerprint density at radius 1 is 0.973 bits per heavy atom. The molecule has 1 aliphatic heterocycles. The molecule has 1 aliphatic rings. The Kier molecular flexibility index (Phi) is 6.44. The van der Waals surface area contributed by atoms with Crippen LogP contribution < -0.4 is 5.01 Å². The van der Waals surface area contributed by atoms with Gasteiger partial charge < -0.3 is 9.30 Å². The number of rotatable bonds is 5. The van der Waals surface area contributed by atoms with E-state index in [1.807, 2.05) is 92.2 Å². The number of hydrogen-bond donors (Lipinski definition) is 0. The summed E-state index contributed by atoms with van der Waals surface area (Å²) in [6.07, 6.45) is 3.72. The Morgan fingerprint density at radius 2 is 1.65 bits per heavy atom. The maximum absolute atomic E-state index is 13.7. The van der Waals surface area contributed by atoms with E-state index in [1.165, 1.54) is 5.01 Å². The van der Waals surface area contributed by atoms with Gasteiger partial charge in [0.05, 0.1) is 11.3 Å². The molecule has 7 heteroatoms. The van der Waals surface area contributed by atoms with Crippen LogP contribution in [-0.4, -0.2) is 27.8 Å². The second-order valence-electron chi connectivity index (χ2n) is 9.78. The lowest BCUT2D eigenvalue weighted by Crippen LogP contribution is -2.26. The van der Waals surface area contributed by atoms with Crippen LogP contribution in [0, 0.1) is 0 Å². The van der Waals surface area contributed by atoms with Crippen molar-refractivity contribution in [3.63, 3.8) is 0 Å². The summed E-state index contributed by atoms with van der Waals surface area (Å²) >= 11 is 6.06. The predicted octanol–water partition coefficient (Wildman–Crippen LogP) is 6.47. The van der Waals surface area contributed by atoms with E-state index >= 15 is 0 Å². The minimum Gasteiger partial charge on any atom is -0.459 e. The van der Waals surface area contributed by atoms with E-state index < -0.39 is 5.60 Å². The smallest absolute Gasteiger partial charge is 0.326 e. The standard InChI is InChI=1S/C30H26ClN3O3/c1-30(2,3)37-27(35)19-33-18-21(24-11-7-8-12-26(24)33)17-25-28(20-9-5-4-6-10-20)32-34(29(25)36)23-15-13-22(31)14-16-23/h4-18H,19H2,1-3H3/b25-17-. The molecule has 1 amide bonds. The van der Waals surface area contributed by atoms with E-state index in [1.54, 1.807) is 24.3 Å². The van der Waals surface area contributed by atoms with Gasteiger partial charge in [-0.15, -0.1) is 0 Å². The monoisotopic (exact) mass is 511 g/mol. The average Bonchev–Trinajstić information content (AvgIpc) is 3.37. The van der Waals surface area contributed by atoms with Crippen molar-refractivity contribution in [1.29, 1.82) is 0 Å². The Morgan fingerprint density at radius 3 is 2.35 bits per heavy atom. The molecule has 0 saturated heterocycles. The van der Waals surface area contributed by atoms with Gasteiger partial charge in [-0.05, 0) is 57.2 Å². The number of para-hydroxylation sites is 1. The number of carbonyl (C=O) groups excluding carboxylic acids is 2. The molecule has 1 aromatic heterocycles. The zero-order chi connectivity index (χ0) is 26.2. The Bertz CT molecular complexity index is 1540. The highest BCUT2D eigenvalue weighted by Gasteiger charge is 2.32. The number of benzene rings is 3. The predicted molar refractivity (Wildman–Crippen MR) is 148 cm³/mol. The van der Waals surface area contributed by atoms with Crippen molar-refractivity contribution in [1.82, 2.24) is 4.57 Å². The normalized spacial score (nSPS) is 14.9. The van der Waals surface area contributed by atoms with Crippen LogP contribution in [0.4, 0.5) is 5.69 Å². The largest absolute Gasteiger partial charge is 0.459 e. The number of ether oxygens (including phenoxy) is 1. The molecule has 0 fully saturated rings. The zero-order valence-electron chi connectivity index (χ0n) is 20.8. The minimum absolute atomic E-state index is 0.0609. The van der Waals surface area contributed by atoms with Crippen LogP contribution in [0.3, 0.4) is 0 Å². The van der Waals surface area contributed by atoms with Crippen LogP contribution in [0.5, 0.6) is 0 Å². The maximum Gasteiger partial charge on any atom is 0.326 e. The molecule has 3 aromatic carbocycles. The highest BCUT2D eigenvalue weighted by molar-refractivity contribution is 6.37. The Hall–Kier alpha value is -4.16. The van der Waals surface area contributed by atoms with Crippen molar-refractivity contribution in [3.05, 3.63) is 107 Å². The summed E-state index contributed by atoms with van der Waals surface area (Å²) in [5.74, 6) is -0.574. The summed E-state index contributed by atoms with van der Waals surface area (Å²) in [5, 5.41) is 7.59. The molecule has 2 heterocycles. The molecule has 37 heavy (non-hydrogen) atoms. The van der Waals surface area contributed by atoms with Crippen LogP contribution in [0.25, 0.3) is 17.0 Å². The van der Waals surface area contributed by atoms with Crippen LogP contribution >= 0.6 is 11.6 Å². The lowest BCUT2D eigenvalue weighted by molar-refractivity contribution is -0.155.